The van der Waals surface area contributed by atoms with E-state index < -0.39 is 18.1 Å². The van der Waals surface area contributed by atoms with Crippen LogP contribution in [0, 0.1) is 0 Å². The van der Waals surface area contributed by atoms with Crippen LogP contribution in [0.2, 0.25) is 0 Å². The average Bonchev–Trinajstić information content (AvgIpc) is 2.84. The highest BCUT2D eigenvalue weighted by atomic mass is 32.1. The van der Waals surface area contributed by atoms with Gasteiger partial charge in [0.15, 0.2) is 6.04 Å². The van der Waals surface area contributed by atoms with Crippen LogP contribution in [0.15, 0.2) is 5.38 Å². The number of carbonyl (C=O) groups is 2. The fraction of sp³-hybridized carbons (Fsp3) is 0.615. The third kappa shape index (κ3) is 4.01. The molecule has 0 bridgehead atoms. The highest BCUT2D eigenvalue weighted by molar-refractivity contribution is 7.09. The van der Waals surface area contributed by atoms with E-state index in [9.17, 15) is 14.7 Å². The first-order valence-corrected chi connectivity index (χ1v) is 7.19. The van der Waals surface area contributed by atoms with Crippen LogP contribution < -0.4 is 5.32 Å². The number of ether oxygens (including phenoxy) is 1. The topological polar surface area (TPSA) is 88.5 Å². The number of aliphatic hydroxyl groups excluding tert-OH is 1. The maximum atomic E-state index is 11.7. The molecule has 0 aliphatic carbocycles. The number of esters is 1. The number of hydrogen-bond donors (Lipinski definition) is 2. The van der Waals surface area contributed by atoms with Gasteiger partial charge in [-0.2, -0.15) is 0 Å². The number of rotatable bonds is 6. The van der Waals surface area contributed by atoms with Crippen LogP contribution in [0.1, 0.15) is 44.5 Å². The molecule has 1 aromatic heterocycles. The van der Waals surface area contributed by atoms with Gasteiger partial charge in [0.25, 0.3) is 0 Å². The Morgan fingerprint density at radius 2 is 2.25 bits per heavy atom. The Bertz CT molecular complexity index is 467. The van der Waals surface area contributed by atoms with E-state index in [1.54, 1.807) is 12.3 Å². The molecule has 20 heavy (non-hydrogen) atoms. The van der Waals surface area contributed by atoms with Gasteiger partial charge in [0.2, 0.25) is 6.41 Å². The highest BCUT2D eigenvalue weighted by Gasteiger charge is 2.31. The minimum Gasteiger partial charge on any atom is -0.464 e. The Labute approximate surface area is 122 Å². The molecule has 0 saturated carbocycles. The van der Waals surface area contributed by atoms with Gasteiger partial charge in [-0.3, -0.25) is 4.79 Å². The Kier molecular flexibility index (Phi) is 5.64. The van der Waals surface area contributed by atoms with Gasteiger partial charge in [-0.05, 0) is 6.92 Å². The third-order valence-electron chi connectivity index (χ3n) is 2.57. The van der Waals surface area contributed by atoms with E-state index >= 15 is 0 Å². The van der Waals surface area contributed by atoms with Crippen LogP contribution in [-0.4, -0.2) is 35.1 Å². The summed E-state index contributed by atoms with van der Waals surface area (Å²) in [5.74, 6) is -0.683. The van der Waals surface area contributed by atoms with E-state index in [-0.39, 0.29) is 12.0 Å². The van der Waals surface area contributed by atoms with Gasteiger partial charge in [-0.25, -0.2) is 9.78 Å². The van der Waals surface area contributed by atoms with Crippen molar-refractivity contribution < 1.29 is 19.4 Å². The first kappa shape index (κ1) is 16.6. The summed E-state index contributed by atoms with van der Waals surface area (Å²) >= 11 is 1.41. The molecule has 112 valence electrons. The molecule has 1 aromatic rings. The molecule has 0 aliphatic rings. The van der Waals surface area contributed by atoms with Gasteiger partial charge < -0.3 is 15.2 Å². The lowest BCUT2D eigenvalue weighted by Gasteiger charge is -2.19. The quantitative estimate of drug-likeness (QED) is 0.608. The molecular weight excluding hydrogens is 280 g/mol. The molecule has 1 rings (SSSR count). The van der Waals surface area contributed by atoms with Crippen LogP contribution in [0.25, 0.3) is 0 Å². The van der Waals surface area contributed by atoms with Crippen LogP contribution in [-0.2, 0) is 19.7 Å². The van der Waals surface area contributed by atoms with Gasteiger partial charge in [-0.15, -0.1) is 11.3 Å². The van der Waals surface area contributed by atoms with E-state index in [0.29, 0.717) is 12.1 Å². The third-order valence-corrected chi connectivity index (χ3v) is 3.86. The second-order valence-electron chi connectivity index (χ2n) is 5.29. The summed E-state index contributed by atoms with van der Waals surface area (Å²) in [5, 5.41) is 15.0. The van der Waals surface area contributed by atoms with E-state index in [1.807, 2.05) is 20.8 Å². The zero-order valence-corrected chi connectivity index (χ0v) is 12.9. The summed E-state index contributed by atoms with van der Waals surface area (Å²) in [6.45, 7) is 7.85. The van der Waals surface area contributed by atoms with Crippen molar-refractivity contribution in [3.63, 3.8) is 0 Å². The number of hydrogen-bond acceptors (Lipinski definition) is 6. The summed E-state index contributed by atoms with van der Waals surface area (Å²) in [5.41, 5.74) is 0.215. The number of thiazole rings is 1. The van der Waals surface area contributed by atoms with Gasteiger partial charge >= 0.3 is 5.97 Å². The van der Waals surface area contributed by atoms with Crippen molar-refractivity contribution in [2.24, 2.45) is 0 Å². The summed E-state index contributed by atoms with van der Waals surface area (Å²) in [4.78, 5) is 26.6. The number of amides is 1. The largest absolute Gasteiger partial charge is 0.464 e. The fourth-order valence-electron chi connectivity index (χ4n) is 1.53. The zero-order valence-electron chi connectivity index (χ0n) is 12.0. The van der Waals surface area contributed by atoms with Crippen LogP contribution in [0.3, 0.4) is 0 Å². The second kappa shape index (κ2) is 6.81. The summed E-state index contributed by atoms with van der Waals surface area (Å²) in [6.07, 6.45) is -0.867. The fourth-order valence-corrected chi connectivity index (χ4v) is 2.47. The number of nitrogens with zero attached hydrogens (tertiary/aromatic N) is 1. The molecule has 0 fully saturated rings. The standard InChI is InChI=1S/C13H20N2O4S/c1-5-19-11(18)9(14-7-16)10(17)8-6-20-12(15-8)13(2,3)4/h6-7,9-10,17H,5H2,1-4H3,(H,14,16). The second-order valence-corrected chi connectivity index (χ2v) is 6.14. The van der Waals surface area contributed by atoms with Crippen LogP contribution in [0.4, 0.5) is 0 Å². The molecule has 0 saturated heterocycles. The molecule has 1 heterocycles. The molecule has 0 aromatic carbocycles. The lowest BCUT2D eigenvalue weighted by Crippen LogP contribution is -2.42. The average molecular weight is 300 g/mol. The minimum atomic E-state index is -1.23. The number of aliphatic hydroxyl groups is 1. The van der Waals surface area contributed by atoms with Gasteiger partial charge in [0, 0.05) is 10.8 Å². The molecule has 2 unspecified atom stereocenters. The Hall–Kier alpha value is -1.47. The summed E-state index contributed by atoms with van der Waals surface area (Å²) in [7, 11) is 0. The summed E-state index contributed by atoms with van der Waals surface area (Å²) in [6, 6.07) is -1.15. The highest BCUT2D eigenvalue weighted by Crippen LogP contribution is 2.28. The minimum absolute atomic E-state index is 0.139. The van der Waals surface area contributed by atoms with Crippen molar-refractivity contribution in [3.8, 4) is 0 Å². The van der Waals surface area contributed by atoms with Crippen molar-refractivity contribution in [2.45, 2.75) is 45.3 Å². The zero-order chi connectivity index (χ0) is 15.3. The molecule has 0 aliphatic heterocycles. The van der Waals surface area contributed by atoms with E-state index in [4.69, 9.17) is 4.74 Å². The molecule has 0 spiro atoms. The van der Waals surface area contributed by atoms with E-state index in [1.165, 1.54) is 11.3 Å². The van der Waals surface area contributed by atoms with Crippen molar-refractivity contribution in [1.82, 2.24) is 10.3 Å². The van der Waals surface area contributed by atoms with Crippen molar-refractivity contribution in [3.05, 3.63) is 16.1 Å². The van der Waals surface area contributed by atoms with Crippen LogP contribution >= 0.6 is 11.3 Å². The van der Waals surface area contributed by atoms with Gasteiger partial charge in [0.05, 0.1) is 17.3 Å². The Morgan fingerprint density at radius 1 is 1.60 bits per heavy atom. The molecule has 1 amide bonds. The Balaban J connectivity index is 2.94. The predicted molar refractivity (Wildman–Crippen MR) is 75.4 cm³/mol. The smallest absolute Gasteiger partial charge is 0.331 e. The van der Waals surface area contributed by atoms with E-state index in [2.05, 4.69) is 10.3 Å². The molecular formula is C13H20N2O4S. The normalized spacial score (nSPS) is 14.4. The van der Waals surface area contributed by atoms with E-state index in [0.717, 1.165) is 5.01 Å². The summed E-state index contributed by atoms with van der Waals surface area (Å²) < 4.78 is 4.83. The van der Waals surface area contributed by atoms with Crippen molar-refractivity contribution >= 4 is 23.7 Å². The molecule has 0 radical (unpaired) electrons. The molecule has 6 nitrogen and oxygen atoms in total. The number of aromatic nitrogens is 1. The molecule has 2 N–H and O–H groups in total. The lowest BCUT2D eigenvalue weighted by molar-refractivity contribution is -0.150. The maximum Gasteiger partial charge on any atom is 0.331 e. The first-order valence-electron chi connectivity index (χ1n) is 6.31. The molecule has 7 heteroatoms. The Morgan fingerprint density at radius 3 is 2.70 bits per heavy atom. The van der Waals surface area contributed by atoms with Gasteiger partial charge in [-0.1, -0.05) is 20.8 Å². The number of carbonyl (C=O) groups excluding carboxylic acids is 2. The van der Waals surface area contributed by atoms with Crippen molar-refractivity contribution in [1.29, 1.82) is 0 Å². The van der Waals surface area contributed by atoms with Crippen molar-refractivity contribution in [2.75, 3.05) is 6.61 Å². The number of nitrogens with one attached hydrogen (secondary N) is 1. The monoisotopic (exact) mass is 300 g/mol. The van der Waals surface area contributed by atoms with Gasteiger partial charge in [0.1, 0.15) is 6.10 Å². The van der Waals surface area contributed by atoms with Crippen LogP contribution in [0.5, 0.6) is 0 Å². The SMILES string of the molecule is CCOC(=O)C(NC=O)C(O)c1csc(C(C)(C)C)n1. The maximum absolute atomic E-state index is 11.7. The molecule has 2 atom stereocenters. The first-order chi connectivity index (χ1) is 9.31. The predicted octanol–water partition coefficient (Wildman–Crippen LogP) is 1.15. The lowest BCUT2D eigenvalue weighted by atomic mass is 9.98.